The van der Waals surface area contributed by atoms with Crippen LogP contribution in [0.5, 0.6) is 0 Å². The molecule has 1 aromatic heterocycles. The van der Waals surface area contributed by atoms with Gasteiger partial charge in [-0.25, -0.2) is 0 Å². The van der Waals surface area contributed by atoms with Crippen LogP contribution in [0.15, 0.2) is 133 Å². The highest BCUT2D eigenvalue weighted by atomic mass is 16.7. The van der Waals surface area contributed by atoms with Crippen LogP contribution in [0.3, 0.4) is 0 Å². The summed E-state index contributed by atoms with van der Waals surface area (Å²) < 4.78 is 15.2. The van der Waals surface area contributed by atoms with E-state index in [9.17, 15) is 0 Å². The van der Waals surface area contributed by atoms with Gasteiger partial charge in [-0.2, -0.15) is 0 Å². The lowest BCUT2D eigenvalue weighted by atomic mass is 9.78. The number of para-hydroxylation sites is 1. The molecule has 0 unspecified atom stereocenters. The third-order valence-corrected chi connectivity index (χ3v) is 9.61. The first-order valence-electron chi connectivity index (χ1n) is 15.4. The predicted molar refractivity (Wildman–Crippen MR) is 185 cm³/mol. The van der Waals surface area contributed by atoms with Gasteiger partial charge in [-0.15, -0.1) is 0 Å². The van der Waals surface area contributed by atoms with Crippen LogP contribution in [0, 0.1) is 0 Å². The Morgan fingerprint density at radius 1 is 0.500 bits per heavy atom. The van der Waals surface area contributed by atoms with Crippen molar-refractivity contribution in [1.29, 1.82) is 0 Å². The predicted octanol–water partition coefficient (Wildman–Crippen LogP) is 9.57. The number of hydrogen-bond acceptors (Lipinski definition) is 2. The molecule has 6 aromatic carbocycles. The lowest BCUT2D eigenvalue weighted by Gasteiger charge is -2.32. The van der Waals surface area contributed by atoms with Crippen LogP contribution in [0.4, 0.5) is 0 Å². The highest BCUT2D eigenvalue weighted by Gasteiger charge is 2.51. The van der Waals surface area contributed by atoms with Gasteiger partial charge in [0.25, 0.3) is 0 Å². The first kappa shape index (κ1) is 27.0. The number of hydrogen-bond donors (Lipinski definition) is 0. The summed E-state index contributed by atoms with van der Waals surface area (Å²) in [6, 6.07) is 48.1. The molecule has 0 radical (unpaired) electrons. The van der Waals surface area contributed by atoms with Gasteiger partial charge >= 0.3 is 7.12 Å². The van der Waals surface area contributed by atoms with E-state index >= 15 is 0 Å². The van der Waals surface area contributed by atoms with Gasteiger partial charge in [-0.05, 0) is 85.1 Å². The van der Waals surface area contributed by atoms with Crippen molar-refractivity contribution in [3.63, 3.8) is 0 Å². The molecule has 0 N–H and O–H groups in total. The van der Waals surface area contributed by atoms with E-state index in [4.69, 9.17) is 9.31 Å². The molecular formula is C40H34BNO2. The van der Waals surface area contributed by atoms with Gasteiger partial charge in [0.05, 0.1) is 22.2 Å². The smallest absolute Gasteiger partial charge is 0.399 e. The molecule has 3 nitrogen and oxygen atoms in total. The van der Waals surface area contributed by atoms with E-state index in [1.807, 2.05) is 0 Å². The van der Waals surface area contributed by atoms with E-state index in [0.717, 1.165) is 11.2 Å². The van der Waals surface area contributed by atoms with E-state index in [0.29, 0.717) is 0 Å². The minimum Gasteiger partial charge on any atom is -0.399 e. The van der Waals surface area contributed by atoms with Crippen molar-refractivity contribution in [1.82, 2.24) is 4.57 Å². The van der Waals surface area contributed by atoms with Crippen LogP contribution in [-0.4, -0.2) is 22.9 Å². The van der Waals surface area contributed by atoms with Crippen LogP contribution in [0.25, 0.3) is 60.5 Å². The fourth-order valence-electron chi connectivity index (χ4n) is 6.51. The van der Waals surface area contributed by atoms with Crippen LogP contribution in [-0.2, 0) is 9.31 Å². The monoisotopic (exact) mass is 571 g/mol. The van der Waals surface area contributed by atoms with Crippen molar-refractivity contribution >= 4 is 45.2 Å². The maximum absolute atomic E-state index is 6.39. The zero-order valence-corrected chi connectivity index (χ0v) is 25.5. The maximum atomic E-state index is 6.39. The van der Waals surface area contributed by atoms with E-state index in [1.165, 1.54) is 54.8 Å². The van der Waals surface area contributed by atoms with Gasteiger partial charge in [0.15, 0.2) is 0 Å². The third kappa shape index (κ3) is 4.29. The summed E-state index contributed by atoms with van der Waals surface area (Å²) in [4.78, 5) is 0. The zero-order chi connectivity index (χ0) is 30.1. The Labute approximate surface area is 258 Å². The maximum Gasteiger partial charge on any atom is 0.494 e. The molecule has 44 heavy (non-hydrogen) atoms. The molecule has 0 bridgehead atoms. The largest absolute Gasteiger partial charge is 0.494 e. The van der Waals surface area contributed by atoms with Gasteiger partial charge in [0.1, 0.15) is 0 Å². The highest BCUT2D eigenvalue weighted by Crippen LogP contribution is 2.40. The van der Waals surface area contributed by atoms with Crippen molar-refractivity contribution in [3.8, 4) is 27.9 Å². The minimum atomic E-state index is -0.394. The molecule has 8 rings (SSSR count). The topological polar surface area (TPSA) is 23.4 Å². The second-order valence-corrected chi connectivity index (χ2v) is 12.9. The van der Waals surface area contributed by atoms with E-state index in [1.54, 1.807) is 0 Å². The van der Waals surface area contributed by atoms with Gasteiger partial charge < -0.3 is 13.9 Å². The normalized spacial score (nSPS) is 15.9. The van der Waals surface area contributed by atoms with Crippen LogP contribution < -0.4 is 5.46 Å². The number of aromatic nitrogens is 1. The van der Waals surface area contributed by atoms with Crippen molar-refractivity contribution in [2.24, 2.45) is 0 Å². The summed E-state index contributed by atoms with van der Waals surface area (Å²) in [7, 11) is -0.394. The standard InChI is InChI=1S/C40H34BNO2/c1-39(2)40(3,4)44-41(43-39)32-20-23-34-31(25-32)19-22-36-35-21-18-30(26-37(35)42(38(34)36)33-16-9-6-10-17-33)29-15-11-14-28(24-29)27-12-7-5-8-13-27/h5-26H,1-4H3. The number of rotatable bonds is 4. The molecule has 1 saturated heterocycles. The number of benzene rings is 6. The molecule has 2 heterocycles. The summed E-state index contributed by atoms with van der Waals surface area (Å²) in [5.74, 6) is 0. The van der Waals surface area contributed by atoms with E-state index in [-0.39, 0.29) is 11.2 Å². The van der Waals surface area contributed by atoms with Crippen molar-refractivity contribution in [2.45, 2.75) is 38.9 Å². The Kier molecular flexibility index (Phi) is 6.10. The Hall–Kier alpha value is -4.64. The van der Waals surface area contributed by atoms with Gasteiger partial charge in [0, 0.05) is 21.8 Å². The van der Waals surface area contributed by atoms with E-state index < -0.39 is 7.12 Å². The molecule has 1 aliphatic heterocycles. The molecule has 0 spiro atoms. The second-order valence-electron chi connectivity index (χ2n) is 12.9. The highest BCUT2D eigenvalue weighted by molar-refractivity contribution is 6.62. The van der Waals surface area contributed by atoms with Crippen molar-refractivity contribution < 1.29 is 9.31 Å². The van der Waals surface area contributed by atoms with Crippen molar-refractivity contribution in [3.05, 3.63) is 133 Å². The fourth-order valence-corrected chi connectivity index (χ4v) is 6.51. The average Bonchev–Trinajstić information content (AvgIpc) is 3.50. The summed E-state index contributed by atoms with van der Waals surface area (Å²) >= 11 is 0. The first-order chi connectivity index (χ1) is 21.3. The summed E-state index contributed by atoms with van der Waals surface area (Å²) in [5, 5.41) is 4.85. The Bertz CT molecular complexity index is 2160. The number of nitrogens with zero attached hydrogens (tertiary/aromatic N) is 1. The first-order valence-corrected chi connectivity index (χ1v) is 15.4. The van der Waals surface area contributed by atoms with Gasteiger partial charge in [0.2, 0.25) is 0 Å². The van der Waals surface area contributed by atoms with E-state index in [2.05, 4.69) is 166 Å². The SMILES string of the molecule is CC1(C)OB(c2ccc3c(ccc4c5ccc(-c6cccc(-c7ccccc7)c6)cc5n(-c5ccccc5)c34)c2)OC1(C)C. The Balaban J connectivity index is 1.32. The molecule has 1 aliphatic rings. The Morgan fingerprint density at radius 2 is 1.09 bits per heavy atom. The molecule has 4 heteroatoms. The van der Waals surface area contributed by atoms with Gasteiger partial charge in [-0.3, -0.25) is 0 Å². The zero-order valence-electron chi connectivity index (χ0n) is 25.5. The molecule has 0 amide bonds. The summed E-state index contributed by atoms with van der Waals surface area (Å²) in [6.07, 6.45) is 0. The fraction of sp³-hybridized carbons (Fsp3) is 0.150. The third-order valence-electron chi connectivity index (χ3n) is 9.61. The molecule has 0 atom stereocenters. The molecular weight excluding hydrogens is 537 g/mol. The van der Waals surface area contributed by atoms with Gasteiger partial charge in [-0.1, -0.05) is 109 Å². The lowest BCUT2D eigenvalue weighted by Crippen LogP contribution is -2.41. The molecule has 0 aliphatic carbocycles. The summed E-state index contributed by atoms with van der Waals surface area (Å²) in [5.41, 5.74) is 8.66. The number of fused-ring (bicyclic) bond motifs is 5. The molecule has 0 saturated carbocycles. The van der Waals surface area contributed by atoms with Crippen molar-refractivity contribution in [2.75, 3.05) is 0 Å². The van der Waals surface area contributed by atoms with Crippen LogP contribution >= 0.6 is 0 Å². The van der Waals surface area contributed by atoms with Crippen LogP contribution in [0.1, 0.15) is 27.7 Å². The van der Waals surface area contributed by atoms with Crippen LogP contribution in [0.2, 0.25) is 0 Å². The molecule has 7 aromatic rings. The minimum absolute atomic E-state index is 0.380. The molecule has 1 fully saturated rings. The molecule has 214 valence electrons. The Morgan fingerprint density at radius 3 is 1.82 bits per heavy atom. The average molecular weight is 572 g/mol. The quantitative estimate of drug-likeness (QED) is 0.197. The lowest BCUT2D eigenvalue weighted by molar-refractivity contribution is 0.00578. The summed E-state index contributed by atoms with van der Waals surface area (Å²) in [6.45, 7) is 8.40. The second kappa shape index (κ2) is 9.95.